The van der Waals surface area contributed by atoms with Gasteiger partial charge in [-0.15, -0.1) is 0 Å². The number of hydrogen-bond donors (Lipinski definition) is 2. The molecular weight excluding hydrogens is 244 g/mol. The topological polar surface area (TPSA) is 90.1 Å². The number of anilines is 2. The number of hydrogen-bond acceptors (Lipinski definition) is 6. The lowest BCUT2D eigenvalue weighted by Crippen LogP contribution is -2.36. The molecule has 0 amide bonds. The zero-order valence-electron chi connectivity index (χ0n) is 9.90. The molecule has 1 aromatic heterocycles. The maximum atomic E-state index is 11.6. The molecule has 1 atom stereocenters. The van der Waals surface area contributed by atoms with Crippen LogP contribution in [-0.4, -0.2) is 29.1 Å². The van der Waals surface area contributed by atoms with E-state index in [2.05, 4.69) is 15.3 Å². The summed E-state index contributed by atoms with van der Waals surface area (Å²) in [5, 5.41) is 3.10. The van der Waals surface area contributed by atoms with Crippen LogP contribution in [0.4, 0.5) is 11.6 Å². The fraction of sp³-hybridized carbons (Fsp3) is 0.500. The summed E-state index contributed by atoms with van der Waals surface area (Å²) in [7, 11) is 1.33. The molecule has 0 aliphatic heterocycles. The second-order valence-corrected chi connectivity index (χ2v) is 4.19. The van der Waals surface area contributed by atoms with Crippen molar-refractivity contribution in [1.82, 2.24) is 9.97 Å². The number of halogens is 1. The summed E-state index contributed by atoms with van der Waals surface area (Å²) in [6, 6.07) is -0.535. The minimum Gasteiger partial charge on any atom is -0.467 e. The van der Waals surface area contributed by atoms with Crippen LogP contribution in [0.25, 0.3) is 0 Å². The minimum absolute atomic E-state index is 0.0229. The molecule has 7 heteroatoms. The molecule has 0 bridgehead atoms. The van der Waals surface area contributed by atoms with Crippen molar-refractivity contribution >= 4 is 29.2 Å². The average Bonchev–Trinajstić information content (AvgIpc) is 2.29. The fourth-order valence-corrected chi connectivity index (χ4v) is 1.41. The number of aromatic nitrogens is 2. The van der Waals surface area contributed by atoms with Crippen molar-refractivity contribution in [2.45, 2.75) is 19.9 Å². The van der Waals surface area contributed by atoms with Gasteiger partial charge in [-0.2, -0.15) is 0 Å². The largest absolute Gasteiger partial charge is 0.467 e. The number of nitrogens with two attached hydrogens (primary N) is 1. The third-order valence-electron chi connectivity index (χ3n) is 2.23. The Morgan fingerprint density at radius 1 is 1.53 bits per heavy atom. The molecule has 0 aliphatic carbocycles. The molecule has 1 heterocycles. The fourth-order valence-electron chi connectivity index (χ4n) is 1.26. The predicted octanol–water partition coefficient (Wildman–Crippen LogP) is 1.32. The van der Waals surface area contributed by atoms with Crippen LogP contribution in [0.15, 0.2) is 6.33 Å². The van der Waals surface area contributed by atoms with Gasteiger partial charge in [0.15, 0.2) is 5.82 Å². The summed E-state index contributed by atoms with van der Waals surface area (Å²) in [6.07, 6.45) is 1.28. The Kier molecular flexibility index (Phi) is 4.51. The monoisotopic (exact) mass is 258 g/mol. The predicted molar refractivity (Wildman–Crippen MR) is 65.7 cm³/mol. The van der Waals surface area contributed by atoms with Gasteiger partial charge in [-0.05, 0) is 5.92 Å². The van der Waals surface area contributed by atoms with Crippen LogP contribution >= 0.6 is 11.6 Å². The zero-order chi connectivity index (χ0) is 13.0. The first-order valence-corrected chi connectivity index (χ1v) is 5.45. The minimum atomic E-state index is -0.535. The van der Waals surface area contributed by atoms with Gasteiger partial charge in [0.25, 0.3) is 0 Å². The van der Waals surface area contributed by atoms with Crippen LogP contribution in [0, 0.1) is 5.92 Å². The van der Waals surface area contributed by atoms with Gasteiger partial charge in [0.2, 0.25) is 0 Å². The average molecular weight is 259 g/mol. The van der Waals surface area contributed by atoms with Gasteiger partial charge in [-0.1, -0.05) is 25.4 Å². The molecule has 0 radical (unpaired) electrons. The molecule has 0 saturated carbocycles. The Balaban J connectivity index is 2.94. The molecule has 17 heavy (non-hydrogen) atoms. The molecule has 0 aromatic carbocycles. The summed E-state index contributed by atoms with van der Waals surface area (Å²) >= 11 is 5.93. The van der Waals surface area contributed by atoms with E-state index in [1.807, 2.05) is 13.8 Å². The third kappa shape index (κ3) is 3.20. The van der Waals surface area contributed by atoms with Crippen LogP contribution in [0.1, 0.15) is 13.8 Å². The van der Waals surface area contributed by atoms with Gasteiger partial charge in [0.05, 0.1) is 7.11 Å². The number of nitrogen functional groups attached to an aromatic ring is 1. The first-order valence-electron chi connectivity index (χ1n) is 5.07. The number of carbonyl (C=O) groups excluding carboxylic acids is 1. The normalized spacial score (nSPS) is 12.3. The van der Waals surface area contributed by atoms with Gasteiger partial charge >= 0.3 is 5.97 Å². The Labute approximate surface area is 105 Å². The Hall–Kier alpha value is -1.56. The summed E-state index contributed by atoms with van der Waals surface area (Å²) in [4.78, 5) is 19.2. The van der Waals surface area contributed by atoms with E-state index in [1.165, 1.54) is 13.4 Å². The number of esters is 1. The number of ether oxygens (including phenoxy) is 1. The second kappa shape index (κ2) is 5.67. The van der Waals surface area contributed by atoms with Gasteiger partial charge in [0, 0.05) is 0 Å². The van der Waals surface area contributed by atoms with Crippen LogP contribution in [0.3, 0.4) is 0 Å². The van der Waals surface area contributed by atoms with E-state index in [4.69, 9.17) is 22.1 Å². The molecule has 3 N–H and O–H groups in total. The third-order valence-corrected chi connectivity index (χ3v) is 2.60. The lowest BCUT2D eigenvalue weighted by atomic mass is 10.0. The van der Waals surface area contributed by atoms with E-state index in [-0.39, 0.29) is 22.7 Å². The zero-order valence-corrected chi connectivity index (χ0v) is 10.7. The summed E-state index contributed by atoms with van der Waals surface area (Å²) in [5.74, 6) is 0.128. The van der Waals surface area contributed by atoms with Crippen molar-refractivity contribution in [2.75, 3.05) is 18.2 Å². The number of nitrogens with zero attached hydrogens (tertiary/aromatic N) is 2. The van der Waals surface area contributed by atoms with Gasteiger partial charge in [-0.3, -0.25) is 0 Å². The number of methoxy groups -OCH3 is 1. The number of carbonyl (C=O) groups is 1. The van der Waals surface area contributed by atoms with Crippen LogP contribution in [0.5, 0.6) is 0 Å². The van der Waals surface area contributed by atoms with E-state index in [9.17, 15) is 4.79 Å². The second-order valence-electron chi connectivity index (χ2n) is 3.81. The summed E-state index contributed by atoms with van der Waals surface area (Å²) in [6.45, 7) is 3.76. The van der Waals surface area contributed by atoms with E-state index >= 15 is 0 Å². The maximum Gasteiger partial charge on any atom is 0.328 e. The first kappa shape index (κ1) is 13.5. The van der Waals surface area contributed by atoms with Crippen LogP contribution in [0.2, 0.25) is 5.02 Å². The van der Waals surface area contributed by atoms with Crippen molar-refractivity contribution in [1.29, 1.82) is 0 Å². The van der Waals surface area contributed by atoms with E-state index < -0.39 is 6.04 Å². The molecule has 1 aromatic rings. The highest BCUT2D eigenvalue weighted by Crippen LogP contribution is 2.25. The van der Waals surface area contributed by atoms with Crippen molar-refractivity contribution in [3.63, 3.8) is 0 Å². The first-order chi connectivity index (χ1) is 7.97. The van der Waals surface area contributed by atoms with Gasteiger partial charge in [-0.25, -0.2) is 14.8 Å². The maximum absolute atomic E-state index is 11.6. The van der Waals surface area contributed by atoms with Crippen LogP contribution < -0.4 is 11.1 Å². The SMILES string of the molecule is COC(=O)C(Nc1ncnc(N)c1Cl)C(C)C. The molecule has 0 fully saturated rings. The Morgan fingerprint density at radius 2 is 2.18 bits per heavy atom. The molecule has 6 nitrogen and oxygen atoms in total. The summed E-state index contributed by atoms with van der Waals surface area (Å²) < 4.78 is 4.70. The number of nitrogens with one attached hydrogen (secondary N) is 1. The van der Waals surface area contributed by atoms with Crippen molar-refractivity contribution in [3.8, 4) is 0 Å². The van der Waals surface area contributed by atoms with E-state index in [0.29, 0.717) is 5.82 Å². The summed E-state index contributed by atoms with van der Waals surface area (Å²) in [5.41, 5.74) is 5.54. The highest BCUT2D eigenvalue weighted by molar-refractivity contribution is 6.35. The molecular formula is C10H15ClN4O2. The molecule has 0 spiro atoms. The van der Waals surface area contributed by atoms with Crippen LogP contribution in [-0.2, 0) is 9.53 Å². The van der Waals surface area contributed by atoms with E-state index in [0.717, 1.165) is 0 Å². The van der Waals surface area contributed by atoms with Crippen molar-refractivity contribution < 1.29 is 9.53 Å². The molecule has 1 unspecified atom stereocenters. The Bertz CT molecular complexity index is 411. The quantitative estimate of drug-likeness (QED) is 0.792. The lowest BCUT2D eigenvalue weighted by Gasteiger charge is -2.20. The molecule has 0 saturated heterocycles. The highest BCUT2D eigenvalue weighted by atomic mass is 35.5. The standard InChI is InChI=1S/C10H15ClN4O2/c1-5(2)7(10(16)17-3)15-9-6(11)8(12)13-4-14-9/h4-5,7H,1-3H3,(H3,12,13,14,15). The lowest BCUT2D eigenvalue weighted by molar-refractivity contribution is -0.142. The number of rotatable bonds is 4. The molecule has 94 valence electrons. The van der Waals surface area contributed by atoms with Gasteiger partial charge < -0.3 is 15.8 Å². The van der Waals surface area contributed by atoms with Crippen molar-refractivity contribution in [3.05, 3.63) is 11.3 Å². The highest BCUT2D eigenvalue weighted by Gasteiger charge is 2.24. The molecule has 0 aliphatic rings. The van der Waals surface area contributed by atoms with Crippen molar-refractivity contribution in [2.24, 2.45) is 5.92 Å². The van der Waals surface area contributed by atoms with E-state index in [1.54, 1.807) is 0 Å². The Morgan fingerprint density at radius 3 is 2.71 bits per heavy atom. The smallest absolute Gasteiger partial charge is 0.328 e. The van der Waals surface area contributed by atoms with Gasteiger partial charge in [0.1, 0.15) is 23.2 Å². The molecule has 1 rings (SSSR count).